The molecule has 0 radical (unpaired) electrons. The third kappa shape index (κ3) is 7.29. The summed E-state index contributed by atoms with van der Waals surface area (Å²) in [6, 6.07) is 0. The summed E-state index contributed by atoms with van der Waals surface area (Å²) in [5.74, 6) is -0.272. The number of ether oxygens (including phenoxy) is 1. The molecule has 0 aliphatic carbocycles. The molecule has 0 spiro atoms. The van der Waals surface area contributed by atoms with Crippen molar-refractivity contribution < 1.29 is 35.8 Å². The fourth-order valence-corrected chi connectivity index (χ4v) is 4.25. The summed E-state index contributed by atoms with van der Waals surface area (Å²) in [7, 11) is -3.26. The Labute approximate surface area is 207 Å². The molecule has 1 fully saturated rings. The van der Waals surface area contributed by atoms with Crippen LogP contribution in [0.1, 0.15) is 32.3 Å². The van der Waals surface area contributed by atoms with E-state index in [-0.39, 0.29) is 29.3 Å². The van der Waals surface area contributed by atoms with E-state index in [0.29, 0.717) is 31.7 Å². The number of piperidine rings is 1. The molecule has 1 saturated heterocycles. The molecule has 1 aromatic heterocycles. The fourth-order valence-electron chi connectivity index (χ4n) is 3.63. The SMILES string of the molecule is CCS(=O)(=O)C/C=C\C(=C(/C)F)N1C=CC(OC2CCN(c3ncc(C(F)(F)F)cn3)CC2)=CC1O. The molecule has 0 saturated carbocycles. The zero-order valence-electron chi connectivity index (χ0n) is 19.8. The van der Waals surface area contributed by atoms with E-state index in [9.17, 15) is 31.1 Å². The molecule has 36 heavy (non-hydrogen) atoms. The van der Waals surface area contributed by atoms with E-state index in [1.54, 1.807) is 11.0 Å². The molecule has 0 amide bonds. The summed E-state index contributed by atoms with van der Waals surface area (Å²) < 4.78 is 81.5. The number of allylic oxidation sites excluding steroid dienone is 3. The number of hydrogen-bond acceptors (Lipinski definition) is 8. The maximum atomic E-state index is 14.1. The predicted molar refractivity (Wildman–Crippen MR) is 126 cm³/mol. The van der Waals surface area contributed by atoms with Gasteiger partial charge in [-0.2, -0.15) is 13.2 Å². The van der Waals surface area contributed by atoms with Crippen LogP contribution in [0.3, 0.4) is 0 Å². The lowest BCUT2D eigenvalue weighted by Crippen LogP contribution is -2.38. The van der Waals surface area contributed by atoms with Crippen LogP contribution in [0.5, 0.6) is 0 Å². The normalized spacial score (nSPS) is 20.5. The highest BCUT2D eigenvalue weighted by Gasteiger charge is 2.32. The second-order valence-corrected chi connectivity index (χ2v) is 10.7. The van der Waals surface area contributed by atoms with E-state index in [2.05, 4.69) is 9.97 Å². The lowest BCUT2D eigenvalue weighted by atomic mass is 10.1. The van der Waals surface area contributed by atoms with Crippen molar-refractivity contribution >= 4 is 15.8 Å². The fraction of sp³-hybridized carbons (Fsp3) is 0.478. The second-order valence-electron chi connectivity index (χ2n) is 8.30. The quantitative estimate of drug-likeness (QED) is 0.400. The minimum absolute atomic E-state index is 0.0187. The van der Waals surface area contributed by atoms with Gasteiger partial charge in [0.15, 0.2) is 16.1 Å². The number of aromatic nitrogens is 2. The lowest BCUT2D eigenvalue weighted by molar-refractivity contribution is -0.138. The molecule has 198 valence electrons. The zero-order valence-corrected chi connectivity index (χ0v) is 20.6. The van der Waals surface area contributed by atoms with Crippen molar-refractivity contribution in [3.63, 3.8) is 0 Å². The number of nitrogens with zero attached hydrogens (tertiary/aromatic N) is 4. The summed E-state index contributed by atoms with van der Waals surface area (Å²) in [5, 5.41) is 10.5. The van der Waals surface area contributed by atoms with Crippen LogP contribution in [-0.4, -0.2) is 65.3 Å². The highest BCUT2D eigenvalue weighted by atomic mass is 32.2. The van der Waals surface area contributed by atoms with Crippen molar-refractivity contribution in [3.05, 3.63) is 65.7 Å². The lowest BCUT2D eigenvalue weighted by Gasteiger charge is -2.34. The summed E-state index contributed by atoms with van der Waals surface area (Å²) in [6.07, 6.45) is 3.76. The minimum atomic E-state index is -4.49. The smallest absolute Gasteiger partial charge is 0.419 e. The molecule has 2 aliphatic rings. The number of alkyl halides is 3. The first-order valence-electron chi connectivity index (χ1n) is 11.3. The number of anilines is 1. The number of aliphatic hydroxyl groups is 1. The Morgan fingerprint density at radius 1 is 1.25 bits per heavy atom. The summed E-state index contributed by atoms with van der Waals surface area (Å²) in [5.41, 5.74) is -0.888. The molecule has 1 unspecified atom stereocenters. The molecule has 1 atom stereocenters. The molecule has 3 rings (SSSR count). The van der Waals surface area contributed by atoms with Crippen molar-refractivity contribution in [2.75, 3.05) is 29.5 Å². The van der Waals surface area contributed by atoms with Gasteiger partial charge in [0.1, 0.15) is 17.7 Å². The van der Waals surface area contributed by atoms with Crippen LogP contribution in [0.2, 0.25) is 0 Å². The Hall–Kier alpha value is -2.93. The van der Waals surface area contributed by atoms with Crippen LogP contribution in [0, 0.1) is 0 Å². The highest BCUT2D eigenvalue weighted by molar-refractivity contribution is 7.91. The Balaban J connectivity index is 1.55. The predicted octanol–water partition coefficient (Wildman–Crippen LogP) is 3.70. The van der Waals surface area contributed by atoms with Gasteiger partial charge in [-0.3, -0.25) is 0 Å². The molecular weight excluding hydrogens is 504 g/mol. The van der Waals surface area contributed by atoms with E-state index >= 15 is 0 Å². The molecule has 0 aromatic carbocycles. The third-order valence-electron chi connectivity index (χ3n) is 5.69. The maximum absolute atomic E-state index is 14.1. The summed E-state index contributed by atoms with van der Waals surface area (Å²) in [6.45, 7) is 3.68. The Morgan fingerprint density at radius 2 is 1.89 bits per heavy atom. The summed E-state index contributed by atoms with van der Waals surface area (Å²) in [4.78, 5) is 10.7. The van der Waals surface area contributed by atoms with E-state index in [0.717, 1.165) is 12.4 Å². The topological polar surface area (TPSA) is 95.9 Å². The molecule has 13 heteroatoms. The molecule has 1 aromatic rings. The first kappa shape index (κ1) is 27.7. The van der Waals surface area contributed by atoms with E-state index in [1.165, 1.54) is 43.2 Å². The molecule has 0 bridgehead atoms. The average molecular weight is 533 g/mol. The largest absolute Gasteiger partial charge is 0.490 e. The van der Waals surface area contributed by atoms with Crippen LogP contribution in [0.25, 0.3) is 0 Å². The van der Waals surface area contributed by atoms with Gasteiger partial charge in [0.25, 0.3) is 0 Å². The van der Waals surface area contributed by atoms with Crippen LogP contribution in [0.15, 0.2) is 60.2 Å². The number of sulfone groups is 1. The van der Waals surface area contributed by atoms with Gasteiger partial charge in [0.05, 0.1) is 17.0 Å². The Bertz CT molecular complexity index is 1140. The van der Waals surface area contributed by atoms with Crippen LogP contribution < -0.4 is 4.90 Å². The Kier molecular flexibility index (Phi) is 8.77. The van der Waals surface area contributed by atoms with Crippen LogP contribution in [-0.2, 0) is 20.8 Å². The number of hydrogen-bond donors (Lipinski definition) is 1. The minimum Gasteiger partial charge on any atom is -0.490 e. The van der Waals surface area contributed by atoms with Crippen molar-refractivity contribution in [1.82, 2.24) is 14.9 Å². The van der Waals surface area contributed by atoms with Gasteiger partial charge < -0.3 is 19.6 Å². The first-order chi connectivity index (χ1) is 16.9. The molecule has 1 N–H and O–H groups in total. The second kappa shape index (κ2) is 11.4. The van der Waals surface area contributed by atoms with Crippen molar-refractivity contribution in [1.29, 1.82) is 0 Å². The number of halogens is 4. The number of aliphatic hydroxyl groups excluding tert-OH is 1. The van der Waals surface area contributed by atoms with Crippen molar-refractivity contribution in [2.45, 2.75) is 45.2 Å². The van der Waals surface area contributed by atoms with Gasteiger partial charge >= 0.3 is 6.18 Å². The third-order valence-corrected chi connectivity index (χ3v) is 7.27. The standard InChI is InChI=1S/C23H28F4N4O4S/c1-3-36(33,34)12-4-5-20(16(2)24)31-11-8-19(13-21(31)32)35-18-6-9-30(10-7-18)22-28-14-17(15-29-22)23(25,26)27/h4-5,8,11,13-15,18,21,32H,3,6-7,9-10,12H2,1-2H3/b5-4-,20-16-. The highest BCUT2D eigenvalue weighted by Crippen LogP contribution is 2.29. The maximum Gasteiger partial charge on any atom is 0.419 e. The van der Waals surface area contributed by atoms with E-state index in [4.69, 9.17) is 4.74 Å². The van der Waals surface area contributed by atoms with Crippen molar-refractivity contribution in [2.24, 2.45) is 0 Å². The van der Waals surface area contributed by atoms with Gasteiger partial charge in [-0.05, 0) is 19.1 Å². The van der Waals surface area contributed by atoms with Crippen LogP contribution in [0.4, 0.5) is 23.5 Å². The first-order valence-corrected chi connectivity index (χ1v) is 13.1. The van der Waals surface area contributed by atoms with Gasteiger partial charge in [-0.25, -0.2) is 22.8 Å². The summed E-state index contributed by atoms with van der Waals surface area (Å²) >= 11 is 0. The van der Waals surface area contributed by atoms with Gasteiger partial charge in [-0.1, -0.05) is 13.0 Å². The van der Waals surface area contributed by atoms with Crippen LogP contribution >= 0.6 is 0 Å². The molecular formula is C23H28F4N4O4S. The Morgan fingerprint density at radius 3 is 2.42 bits per heavy atom. The van der Waals surface area contributed by atoms with E-state index < -0.39 is 33.6 Å². The zero-order chi connectivity index (χ0) is 26.5. The number of rotatable bonds is 8. The molecule has 3 heterocycles. The van der Waals surface area contributed by atoms with Gasteiger partial charge in [-0.15, -0.1) is 0 Å². The molecule has 2 aliphatic heterocycles. The molecule has 8 nitrogen and oxygen atoms in total. The van der Waals surface area contributed by atoms with E-state index in [1.807, 2.05) is 0 Å². The van der Waals surface area contributed by atoms with Gasteiger partial charge in [0, 0.05) is 56.4 Å². The van der Waals surface area contributed by atoms with Gasteiger partial charge in [0.2, 0.25) is 5.95 Å². The van der Waals surface area contributed by atoms with Crippen molar-refractivity contribution in [3.8, 4) is 0 Å². The monoisotopic (exact) mass is 532 g/mol. The average Bonchev–Trinajstić information content (AvgIpc) is 2.82.